The van der Waals surface area contributed by atoms with Crippen molar-refractivity contribution in [1.82, 2.24) is 14.9 Å². The number of ether oxygens (including phenoxy) is 1. The summed E-state index contributed by atoms with van der Waals surface area (Å²) in [5.74, 6) is 0.414. The zero-order valence-electron chi connectivity index (χ0n) is 17.9. The van der Waals surface area contributed by atoms with Crippen LogP contribution in [-0.4, -0.2) is 40.5 Å². The molecular formula is C24H26F3N3O2. The van der Waals surface area contributed by atoms with Crippen LogP contribution in [0.5, 0.6) is 0 Å². The lowest BCUT2D eigenvalue weighted by molar-refractivity contribution is -0.159. The second kappa shape index (κ2) is 8.94. The number of esters is 1. The van der Waals surface area contributed by atoms with Gasteiger partial charge in [0.15, 0.2) is 0 Å². The summed E-state index contributed by atoms with van der Waals surface area (Å²) >= 11 is 0. The standard InChI is InChI=1S/C24H26F3N3O2/c1-2-32-22(31)23(15-17-7-3-4-8-18(17)24(25,26)27)11-13-30(14-12-23)16-21-28-19-9-5-6-10-20(19)29-21/h3-10H,2,11-16H2,1H3,(H,28,29). The Morgan fingerprint density at radius 2 is 1.81 bits per heavy atom. The van der Waals surface area contributed by atoms with E-state index in [1.165, 1.54) is 12.1 Å². The number of hydrogen-bond donors (Lipinski definition) is 1. The van der Waals surface area contributed by atoms with Gasteiger partial charge in [-0.05, 0) is 63.0 Å². The highest BCUT2D eigenvalue weighted by Gasteiger charge is 2.44. The first-order valence-corrected chi connectivity index (χ1v) is 10.8. The largest absolute Gasteiger partial charge is 0.466 e. The number of aromatic amines is 1. The number of para-hydroxylation sites is 2. The lowest BCUT2D eigenvalue weighted by Crippen LogP contribution is -2.46. The van der Waals surface area contributed by atoms with Crippen LogP contribution >= 0.6 is 0 Å². The Kier molecular flexibility index (Phi) is 6.24. The minimum atomic E-state index is -4.46. The number of imidazole rings is 1. The minimum Gasteiger partial charge on any atom is -0.466 e. The molecule has 0 radical (unpaired) electrons. The molecule has 1 saturated heterocycles. The molecule has 0 amide bonds. The Balaban J connectivity index is 1.52. The maximum Gasteiger partial charge on any atom is 0.416 e. The van der Waals surface area contributed by atoms with Crippen molar-refractivity contribution >= 4 is 17.0 Å². The fraction of sp³-hybridized carbons (Fsp3) is 0.417. The van der Waals surface area contributed by atoms with E-state index in [0.717, 1.165) is 22.9 Å². The van der Waals surface area contributed by atoms with Crippen LogP contribution in [0.15, 0.2) is 48.5 Å². The van der Waals surface area contributed by atoms with Crippen LogP contribution in [0.2, 0.25) is 0 Å². The molecule has 0 aliphatic carbocycles. The molecule has 3 aromatic rings. The molecule has 1 N–H and O–H groups in total. The summed E-state index contributed by atoms with van der Waals surface area (Å²) in [6.07, 6.45) is -3.59. The number of nitrogens with zero attached hydrogens (tertiary/aromatic N) is 2. The van der Waals surface area contributed by atoms with Crippen molar-refractivity contribution < 1.29 is 22.7 Å². The minimum absolute atomic E-state index is 0.0139. The van der Waals surface area contributed by atoms with E-state index in [1.54, 1.807) is 13.0 Å². The van der Waals surface area contributed by atoms with E-state index >= 15 is 0 Å². The van der Waals surface area contributed by atoms with Gasteiger partial charge in [0.1, 0.15) is 5.82 Å². The Morgan fingerprint density at radius 3 is 2.50 bits per heavy atom. The maximum absolute atomic E-state index is 13.5. The van der Waals surface area contributed by atoms with Gasteiger partial charge < -0.3 is 9.72 Å². The normalized spacial score (nSPS) is 16.9. The molecule has 0 atom stereocenters. The van der Waals surface area contributed by atoms with Gasteiger partial charge in [-0.2, -0.15) is 13.2 Å². The van der Waals surface area contributed by atoms with E-state index in [4.69, 9.17) is 4.74 Å². The Morgan fingerprint density at radius 1 is 1.12 bits per heavy atom. The number of rotatable bonds is 6. The molecule has 0 bridgehead atoms. The van der Waals surface area contributed by atoms with Crippen LogP contribution in [0, 0.1) is 5.41 Å². The van der Waals surface area contributed by atoms with Crippen LogP contribution in [0.1, 0.15) is 36.7 Å². The number of nitrogens with one attached hydrogen (secondary N) is 1. The van der Waals surface area contributed by atoms with E-state index in [2.05, 4.69) is 14.9 Å². The third-order valence-corrected chi connectivity index (χ3v) is 6.19. The van der Waals surface area contributed by atoms with E-state index in [-0.39, 0.29) is 18.6 Å². The second-order valence-electron chi connectivity index (χ2n) is 8.31. The van der Waals surface area contributed by atoms with Crippen LogP contribution < -0.4 is 0 Å². The average Bonchev–Trinajstić information content (AvgIpc) is 3.17. The number of H-pyrrole nitrogens is 1. The molecule has 170 valence electrons. The van der Waals surface area contributed by atoms with Gasteiger partial charge in [-0.1, -0.05) is 30.3 Å². The molecule has 0 saturated carbocycles. The Bertz CT molecular complexity index is 1050. The van der Waals surface area contributed by atoms with Crippen molar-refractivity contribution in [3.63, 3.8) is 0 Å². The molecule has 1 aliphatic heterocycles. The van der Waals surface area contributed by atoms with Gasteiger partial charge in [0, 0.05) is 0 Å². The molecule has 2 heterocycles. The van der Waals surface area contributed by atoms with E-state index in [9.17, 15) is 18.0 Å². The number of likely N-dealkylation sites (tertiary alicyclic amines) is 1. The van der Waals surface area contributed by atoms with E-state index in [1.807, 2.05) is 24.3 Å². The van der Waals surface area contributed by atoms with Gasteiger partial charge >= 0.3 is 12.1 Å². The molecule has 8 heteroatoms. The fourth-order valence-electron chi connectivity index (χ4n) is 4.48. The summed E-state index contributed by atoms with van der Waals surface area (Å²) in [7, 11) is 0. The molecule has 0 spiro atoms. The van der Waals surface area contributed by atoms with Crippen molar-refractivity contribution in [3.8, 4) is 0 Å². The molecule has 2 aromatic carbocycles. The number of alkyl halides is 3. The molecule has 0 unspecified atom stereocenters. The first-order valence-electron chi connectivity index (χ1n) is 10.8. The molecular weight excluding hydrogens is 419 g/mol. The first kappa shape index (κ1) is 22.3. The van der Waals surface area contributed by atoms with Crippen LogP contribution in [0.3, 0.4) is 0 Å². The highest BCUT2D eigenvalue weighted by atomic mass is 19.4. The summed E-state index contributed by atoms with van der Waals surface area (Å²) in [6, 6.07) is 13.3. The van der Waals surface area contributed by atoms with E-state index < -0.39 is 23.1 Å². The van der Waals surface area contributed by atoms with Gasteiger partial charge in [0.2, 0.25) is 0 Å². The number of fused-ring (bicyclic) bond motifs is 1. The van der Waals surface area contributed by atoms with E-state index in [0.29, 0.717) is 32.5 Å². The van der Waals surface area contributed by atoms with Crippen molar-refractivity contribution in [1.29, 1.82) is 0 Å². The lowest BCUT2D eigenvalue weighted by Gasteiger charge is -2.40. The third kappa shape index (κ3) is 4.65. The SMILES string of the molecule is CCOC(=O)C1(Cc2ccccc2C(F)(F)F)CCN(Cc2nc3ccccc3[nH]2)CC1. The highest BCUT2D eigenvalue weighted by Crippen LogP contribution is 2.40. The number of aromatic nitrogens is 2. The summed E-state index contributed by atoms with van der Waals surface area (Å²) < 4.78 is 45.9. The highest BCUT2D eigenvalue weighted by molar-refractivity contribution is 5.77. The number of halogens is 3. The number of hydrogen-bond acceptors (Lipinski definition) is 4. The number of benzene rings is 2. The van der Waals surface area contributed by atoms with Crippen molar-refractivity contribution in [2.45, 2.75) is 38.9 Å². The summed E-state index contributed by atoms with van der Waals surface area (Å²) in [6.45, 7) is 3.65. The molecule has 1 aliphatic rings. The zero-order valence-corrected chi connectivity index (χ0v) is 17.9. The predicted molar refractivity (Wildman–Crippen MR) is 115 cm³/mol. The van der Waals surface area contributed by atoms with Gasteiger partial charge in [-0.3, -0.25) is 9.69 Å². The van der Waals surface area contributed by atoms with Crippen LogP contribution in [0.25, 0.3) is 11.0 Å². The molecule has 5 nitrogen and oxygen atoms in total. The average molecular weight is 445 g/mol. The Labute approximate surface area is 184 Å². The number of carbonyl (C=O) groups excluding carboxylic acids is 1. The van der Waals surface area contributed by atoms with Gasteiger partial charge in [0.05, 0.1) is 35.2 Å². The second-order valence-corrected chi connectivity index (χ2v) is 8.31. The summed E-state index contributed by atoms with van der Waals surface area (Å²) in [5.41, 5.74) is 0.335. The zero-order chi connectivity index (χ0) is 22.8. The molecule has 4 rings (SSSR count). The summed E-state index contributed by atoms with van der Waals surface area (Å²) in [5, 5.41) is 0. The monoisotopic (exact) mass is 445 g/mol. The quantitative estimate of drug-likeness (QED) is 0.545. The lowest BCUT2D eigenvalue weighted by atomic mass is 9.73. The molecule has 1 fully saturated rings. The van der Waals surface area contributed by atoms with Crippen molar-refractivity contribution in [2.75, 3.05) is 19.7 Å². The Hall–Kier alpha value is -2.87. The van der Waals surface area contributed by atoms with Gasteiger partial charge in [0.25, 0.3) is 0 Å². The van der Waals surface area contributed by atoms with Crippen molar-refractivity contribution in [3.05, 3.63) is 65.5 Å². The number of carbonyl (C=O) groups is 1. The topological polar surface area (TPSA) is 58.2 Å². The van der Waals surface area contributed by atoms with Gasteiger partial charge in [-0.15, -0.1) is 0 Å². The smallest absolute Gasteiger partial charge is 0.416 e. The fourth-order valence-corrected chi connectivity index (χ4v) is 4.48. The molecule has 32 heavy (non-hydrogen) atoms. The van der Waals surface area contributed by atoms with Gasteiger partial charge in [-0.25, -0.2) is 4.98 Å². The molecule has 1 aromatic heterocycles. The maximum atomic E-state index is 13.5. The van der Waals surface area contributed by atoms with Crippen LogP contribution in [0.4, 0.5) is 13.2 Å². The van der Waals surface area contributed by atoms with Crippen molar-refractivity contribution in [2.24, 2.45) is 5.41 Å². The van der Waals surface area contributed by atoms with Crippen LogP contribution in [-0.2, 0) is 28.7 Å². The first-order chi connectivity index (χ1) is 15.3. The predicted octanol–water partition coefficient (Wildman–Crippen LogP) is 4.97. The third-order valence-electron chi connectivity index (χ3n) is 6.19. The number of piperidine rings is 1. The summed E-state index contributed by atoms with van der Waals surface area (Å²) in [4.78, 5) is 23.0.